The van der Waals surface area contributed by atoms with E-state index >= 15 is 0 Å². The summed E-state index contributed by atoms with van der Waals surface area (Å²) in [6, 6.07) is 69.3. The van der Waals surface area contributed by atoms with Crippen LogP contribution in [0.15, 0.2) is 266 Å². The minimum absolute atomic E-state index is 0.0367. The number of nitro groups is 1. The Morgan fingerprint density at radius 3 is 2.24 bits per heavy atom. The van der Waals surface area contributed by atoms with Gasteiger partial charge in [-0.05, 0) is 197 Å². The Hall–Kier alpha value is -12.7. The molecule has 5 heterocycles. The van der Waals surface area contributed by atoms with Crippen molar-refractivity contribution in [2.45, 2.75) is 50.3 Å². The maximum atomic E-state index is 12.6. The van der Waals surface area contributed by atoms with Crippen molar-refractivity contribution in [2.24, 2.45) is 10.1 Å². The molecule has 0 atom stereocenters. The highest BCUT2D eigenvalue weighted by molar-refractivity contribution is 9.10. The summed E-state index contributed by atoms with van der Waals surface area (Å²) >= 11 is 16.4. The average molecular weight is 1620 g/mol. The Kier molecular flexibility index (Phi) is 25.5. The number of nitrogens with two attached hydrogens (primary N) is 1. The van der Waals surface area contributed by atoms with Gasteiger partial charge in [0, 0.05) is 92.0 Å². The number of halogens is 3. The second-order valence-electron chi connectivity index (χ2n) is 26.0. The van der Waals surface area contributed by atoms with Crippen LogP contribution in [-0.2, 0) is 21.4 Å². The number of anilines is 2. The number of fused-ring (bicyclic) bond motifs is 5. The number of aryl methyl sites for hydroxylation is 1. The zero-order chi connectivity index (χ0) is 79.0. The second kappa shape index (κ2) is 36.2. The number of Topliss-reactive ketones (excluding diaryl/α,β-unsaturated/α-hetero) is 2. The number of amides is 2. The SMILES string of the molecule is C(=C\c1ccnc2ccccc12)/c1ccc2c(c1)OCO2.CC(C)(C(=O)CN=Cc1c(O)ccc2ccccc12)c1ccccc1.CCc1ccc(O)c(/C=N/NC(=O)c2ccc(N3CCCC3=O)cc2)c1.Nc1ccc2oc(-c3cc(Cl)ccc3Cl)nc2c1.O=C1/C(=C/c2cc([N+](=O)[O-])cc(Br)c2O)Sc2ccccc21. The fourth-order valence-corrected chi connectivity index (χ4v) is 13.9. The summed E-state index contributed by atoms with van der Waals surface area (Å²) in [6.45, 7) is 6.94. The fraction of sp³-hybridized carbons (Fsp3) is 0.114. The summed E-state index contributed by atoms with van der Waals surface area (Å²) in [6.07, 6.45) is 12.8. The summed E-state index contributed by atoms with van der Waals surface area (Å²) in [5.74, 6) is 1.82. The molecule has 2 aromatic heterocycles. The van der Waals surface area contributed by atoms with Crippen LogP contribution in [0.1, 0.15) is 93.3 Å². The number of aromatic nitrogens is 2. The number of allylic oxidation sites excluding steroid dienone is 1. The van der Waals surface area contributed by atoms with Gasteiger partial charge in [-0.1, -0.05) is 157 Å². The number of nitro benzene ring substituents is 1. The quantitative estimate of drug-likeness (QED) is 0.0209. The molecule has 3 aliphatic heterocycles. The highest BCUT2D eigenvalue weighted by Gasteiger charge is 2.30. The van der Waals surface area contributed by atoms with E-state index in [-0.39, 0.29) is 62.9 Å². The van der Waals surface area contributed by atoms with Crippen LogP contribution in [0, 0.1) is 10.1 Å². The van der Waals surface area contributed by atoms with Crippen molar-refractivity contribution in [1.29, 1.82) is 0 Å². The molecule has 0 saturated carbocycles. The van der Waals surface area contributed by atoms with Crippen LogP contribution in [0.4, 0.5) is 17.1 Å². The first-order valence-electron chi connectivity index (χ1n) is 35.2. The van der Waals surface area contributed by atoms with Crippen molar-refractivity contribution in [3.05, 3.63) is 316 Å². The van der Waals surface area contributed by atoms with Crippen molar-refractivity contribution in [1.82, 2.24) is 15.4 Å². The molecule has 0 spiro atoms. The number of carbonyl (C=O) groups excluding carboxylic acids is 4. The van der Waals surface area contributed by atoms with Crippen LogP contribution in [0.2, 0.25) is 10.0 Å². The molecular formula is C88H71BrCl2N8O12S. The number of ketones is 2. The van der Waals surface area contributed by atoms with Crippen molar-refractivity contribution in [3.8, 4) is 40.2 Å². The molecule has 13 aromatic rings. The lowest BCUT2D eigenvalue weighted by atomic mass is 9.80. The third-order valence-electron chi connectivity index (χ3n) is 18.2. The molecule has 112 heavy (non-hydrogen) atoms. The van der Waals surface area contributed by atoms with Gasteiger partial charge < -0.3 is 39.8 Å². The van der Waals surface area contributed by atoms with Gasteiger partial charge in [-0.3, -0.25) is 39.3 Å². The normalized spacial score (nSPS) is 13.2. The number of hydrogen-bond donors (Lipinski definition) is 5. The van der Waals surface area contributed by atoms with E-state index in [4.69, 9.17) is 42.8 Å². The van der Waals surface area contributed by atoms with Crippen LogP contribution < -0.4 is 25.5 Å². The Bertz CT molecular complexity index is 5850. The number of ether oxygens (including phenoxy) is 2. The number of phenolic OH excluding ortho intramolecular Hbond substituents is 3. The molecule has 1 saturated heterocycles. The van der Waals surface area contributed by atoms with E-state index in [1.807, 2.05) is 154 Å². The number of thioether (sulfide) groups is 1. The molecule has 0 unspecified atom stereocenters. The number of carbonyl (C=O) groups is 4. The van der Waals surface area contributed by atoms with E-state index in [2.05, 4.69) is 59.6 Å². The average Bonchev–Trinajstić information content (AvgIpc) is 1.72. The number of aromatic hydroxyl groups is 3. The van der Waals surface area contributed by atoms with Gasteiger partial charge in [0.1, 0.15) is 22.8 Å². The Labute approximate surface area is 666 Å². The lowest BCUT2D eigenvalue weighted by Gasteiger charge is -2.22. The minimum atomic E-state index is -0.598. The molecule has 0 aliphatic carbocycles. The Morgan fingerprint density at radius 2 is 1.47 bits per heavy atom. The van der Waals surface area contributed by atoms with Gasteiger partial charge >= 0.3 is 0 Å². The molecule has 11 aromatic carbocycles. The number of phenols is 3. The van der Waals surface area contributed by atoms with Crippen LogP contribution in [-0.4, -0.2) is 85.9 Å². The van der Waals surface area contributed by atoms with Crippen molar-refractivity contribution in [2.75, 3.05) is 30.5 Å². The van der Waals surface area contributed by atoms with E-state index in [9.17, 15) is 44.6 Å². The van der Waals surface area contributed by atoms with E-state index < -0.39 is 10.3 Å². The largest absolute Gasteiger partial charge is 0.507 e. The highest BCUT2D eigenvalue weighted by Crippen LogP contribution is 2.43. The molecule has 16 rings (SSSR count). The van der Waals surface area contributed by atoms with Gasteiger partial charge in [0.15, 0.2) is 22.9 Å². The lowest BCUT2D eigenvalue weighted by Crippen LogP contribution is -2.31. The van der Waals surface area contributed by atoms with Crippen LogP contribution in [0.3, 0.4) is 0 Å². The smallest absolute Gasteiger partial charge is 0.271 e. The number of aliphatic imine (C=N–C) groups is 1. The number of para-hydroxylation sites is 1. The molecule has 562 valence electrons. The highest BCUT2D eigenvalue weighted by atomic mass is 79.9. The standard InChI is InChI=1S/C22H21NO2.C20H21N3O3.C18H13NO2.C15H8BrNO4S.C13H8Cl2N2O/c1-22(2,17-9-4-3-5-10-17)21(25)15-23-14-19-18-11-7-6-8-16(18)12-13-20(19)24;1-2-14-5-10-18(24)16(12-14)13-21-22-20(26)15-6-8-17(9-7-15)23-11-3-4-19(23)25;1-2-4-16-15(3-1)14(9-10-19-16)7-5-13-6-8-17-18(11-13)21-12-20-17;16-11-7-9(17(20)21)5-8(14(11)18)6-13-15(19)10-3-1-2-4-12(10)22-13;14-7-1-3-10(15)9(5-7)13-17-11-6-8(16)2-4-12(11)18-13/h3-14,24H,15H2,1-2H3;5-10,12-13,24H,2-4,11H2,1H3,(H,22,26);1-11H,12H2;1-7,18H;1-6H,16H2/b;21-13+;7-5+;13-6-;. The maximum absolute atomic E-state index is 12.6. The molecule has 24 heteroatoms. The number of benzene rings is 11. The summed E-state index contributed by atoms with van der Waals surface area (Å²) in [7, 11) is 0. The number of nitrogen functional groups attached to an aromatic ring is 1. The Morgan fingerprint density at radius 1 is 0.732 bits per heavy atom. The fourth-order valence-electron chi connectivity index (χ4n) is 12.0. The predicted molar refractivity (Wildman–Crippen MR) is 447 cm³/mol. The monoisotopic (exact) mass is 1610 g/mol. The number of pyridine rings is 1. The molecular weight excluding hydrogens is 1540 g/mol. The zero-order valence-corrected chi connectivity index (χ0v) is 64.4. The molecule has 3 aliphatic rings. The number of oxazole rings is 1. The molecule has 1 fully saturated rings. The van der Waals surface area contributed by atoms with E-state index in [0.717, 1.165) is 85.4 Å². The summed E-state index contributed by atoms with van der Waals surface area (Å²) in [5, 5.41) is 49.0. The first kappa shape index (κ1) is 78.8. The summed E-state index contributed by atoms with van der Waals surface area (Å²) in [4.78, 5) is 75.2. The van der Waals surface area contributed by atoms with Gasteiger partial charge in [-0.2, -0.15) is 5.10 Å². The second-order valence-corrected chi connectivity index (χ2v) is 28.8. The van der Waals surface area contributed by atoms with Crippen molar-refractivity contribution < 1.29 is 53.3 Å². The third-order valence-corrected chi connectivity index (χ3v) is 20.5. The van der Waals surface area contributed by atoms with E-state index in [0.29, 0.717) is 78.7 Å². The maximum Gasteiger partial charge on any atom is 0.271 e. The number of rotatable bonds is 15. The molecule has 2 amide bonds. The topological polar surface area (TPSA) is 296 Å². The minimum Gasteiger partial charge on any atom is -0.507 e. The predicted octanol–water partition coefficient (Wildman–Crippen LogP) is 20.3. The van der Waals surface area contributed by atoms with Crippen molar-refractivity contribution in [3.63, 3.8) is 0 Å². The Balaban J connectivity index is 0.000000130. The van der Waals surface area contributed by atoms with E-state index in [1.54, 1.807) is 96.0 Å². The number of nitrogens with one attached hydrogen (secondary N) is 1. The van der Waals surface area contributed by atoms with Crippen LogP contribution in [0.25, 0.3) is 62.5 Å². The van der Waals surface area contributed by atoms with Gasteiger partial charge in [-0.25, -0.2) is 10.4 Å². The third kappa shape index (κ3) is 19.3. The van der Waals surface area contributed by atoms with Crippen molar-refractivity contribution >= 4 is 155 Å². The molecule has 0 bridgehead atoms. The summed E-state index contributed by atoms with van der Waals surface area (Å²) < 4.78 is 16.6. The number of hydrazone groups is 1. The lowest BCUT2D eigenvalue weighted by molar-refractivity contribution is -0.385. The number of non-ortho nitro benzene ring substituents is 1. The van der Waals surface area contributed by atoms with Gasteiger partial charge in [-0.15, -0.1) is 0 Å². The van der Waals surface area contributed by atoms with Gasteiger partial charge in [0.25, 0.3) is 11.6 Å². The molecule has 0 radical (unpaired) electrons. The zero-order valence-electron chi connectivity index (χ0n) is 60.5. The first-order chi connectivity index (χ1) is 54.1. The van der Waals surface area contributed by atoms with Crippen LogP contribution >= 0.6 is 50.9 Å². The van der Waals surface area contributed by atoms with Gasteiger partial charge in [0.2, 0.25) is 24.4 Å². The number of nitrogens with zero attached hydrogens (tertiary/aromatic N) is 6. The summed E-state index contributed by atoms with van der Waals surface area (Å²) in [5.41, 5.74) is 18.6. The number of hydrogen-bond acceptors (Lipinski definition) is 18. The first-order valence-corrected chi connectivity index (χ1v) is 37.5. The van der Waals surface area contributed by atoms with E-state index in [1.165, 1.54) is 36.2 Å². The van der Waals surface area contributed by atoms with Crippen LogP contribution in [0.5, 0.6) is 28.7 Å². The van der Waals surface area contributed by atoms with Gasteiger partial charge in [0.05, 0.1) is 48.6 Å². The molecule has 20 nitrogen and oxygen atoms in total. The molecule has 6 N–H and O–H groups in total.